The van der Waals surface area contributed by atoms with Gasteiger partial charge in [0.2, 0.25) is 0 Å². The number of rotatable bonds is 1. The molecular weight excluding hydrogens is 146 g/mol. The Bertz CT molecular complexity index is 288. The maximum Gasteiger partial charge on any atom is 0.0286 e. The van der Waals surface area contributed by atoms with Crippen molar-refractivity contribution in [3.05, 3.63) is 34.4 Å². The van der Waals surface area contributed by atoms with Gasteiger partial charge in [-0.15, -0.1) is 0 Å². The van der Waals surface area contributed by atoms with Crippen LogP contribution in [-0.2, 0) is 0 Å². The molecule has 0 spiro atoms. The third-order valence-corrected chi connectivity index (χ3v) is 2.00. The Morgan fingerprint density at radius 3 is 2.00 bits per heavy atom. The topological polar surface area (TPSA) is 12.4 Å². The van der Waals surface area contributed by atoms with Crippen LogP contribution in [0.3, 0.4) is 0 Å². The van der Waals surface area contributed by atoms with E-state index < -0.39 is 0 Å². The molecular formula is C11H15N. The maximum atomic E-state index is 4.03. The molecule has 1 aromatic rings. The van der Waals surface area contributed by atoms with Gasteiger partial charge in [-0.1, -0.05) is 17.7 Å². The van der Waals surface area contributed by atoms with E-state index in [-0.39, 0.29) is 0 Å². The van der Waals surface area contributed by atoms with Crippen LogP contribution in [0.4, 0.5) is 0 Å². The van der Waals surface area contributed by atoms with Gasteiger partial charge in [-0.25, -0.2) is 0 Å². The fourth-order valence-electron chi connectivity index (χ4n) is 1.52. The van der Waals surface area contributed by atoms with Crippen LogP contribution in [0.15, 0.2) is 17.1 Å². The highest BCUT2D eigenvalue weighted by atomic mass is 14.6. The second kappa shape index (κ2) is 3.53. The number of benzene rings is 1. The standard InChI is InChI=1S/C11H15N/c1-8-5-9(2)11(7-12-4)10(3)6-8/h5-7H,1-4H3. The Morgan fingerprint density at radius 2 is 1.58 bits per heavy atom. The smallest absolute Gasteiger partial charge is 0.0286 e. The quantitative estimate of drug-likeness (QED) is 0.561. The second-order valence-corrected chi connectivity index (χ2v) is 3.20. The van der Waals surface area contributed by atoms with Crippen molar-refractivity contribution in [2.24, 2.45) is 4.99 Å². The number of hydrogen-bond acceptors (Lipinski definition) is 1. The fraction of sp³-hybridized carbons (Fsp3) is 0.364. The van der Waals surface area contributed by atoms with E-state index in [0.717, 1.165) is 0 Å². The lowest BCUT2D eigenvalue weighted by Crippen LogP contribution is -1.92. The van der Waals surface area contributed by atoms with Crippen molar-refractivity contribution in [2.45, 2.75) is 20.8 Å². The van der Waals surface area contributed by atoms with Gasteiger partial charge in [0.15, 0.2) is 0 Å². The van der Waals surface area contributed by atoms with E-state index in [1.807, 2.05) is 6.21 Å². The molecule has 0 fully saturated rings. The zero-order valence-electron chi connectivity index (χ0n) is 8.18. The van der Waals surface area contributed by atoms with Gasteiger partial charge in [0, 0.05) is 13.3 Å². The zero-order valence-corrected chi connectivity index (χ0v) is 8.18. The molecule has 0 N–H and O–H groups in total. The molecule has 0 aromatic heterocycles. The van der Waals surface area contributed by atoms with Crippen LogP contribution < -0.4 is 0 Å². The number of aliphatic imine (C=N–C) groups is 1. The average molecular weight is 161 g/mol. The minimum absolute atomic E-state index is 1.25. The second-order valence-electron chi connectivity index (χ2n) is 3.20. The molecule has 1 aromatic carbocycles. The minimum atomic E-state index is 1.25. The Kier molecular flexibility index (Phi) is 2.64. The molecule has 12 heavy (non-hydrogen) atoms. The summed E-state index contributed by atoms with van der Waals surface area (Å²) < 4.78 is 0. The Balaban J connectivity index is 3.28. The van der Waals surface area contributed by atoms with Crippen LogP contribution in [0, 0.1) is 20.8 Å². The minimum Gasteiger partial charge on any atom is -0.296 e. The van der Waals surface area contributed by atoms with Gasteiger partial charge in [-0.2, -0.15) is 0 Å². The third kappa shape index (κ3) is 1.73. The van der Waals surface area contributed by atoms with Crippen LogP contribution in [-0.4, -0.2) is 13.3 Å². The molecule has 0 bridgehead atoms. The Labute approximate surface area is 74.2 Å². The molecule has 0 amide bonds. The number of aryl methyl sites for hydroxylation is 3. The predicted molar refractivity (Wildman–Crippen MR) is 54.2 cm³/mol. The summed E-state index contributed by atoms with van der Waals surface area (Å²) in [6, 6.07) is 4.37. The molecule has 0 radical (unpaired) electrons. The van der Waals surface area contributed by atoms with Crippen LogP contribution in [0.1, 0.15) is 22.3 Å². The SMILES string of the molecule is CN=Cc1c(C)cc(C)cc1C. The first kappa shape index (κ1) is 8.98. The predicted octanol–water partition coefficient (Wildman–Crippen LogP) is 2.66. The molecule has 1 rings (SSSR count). The molecule has 0 aliphatic carbocycles. The molecule has 1 heteroatoms. The average Bonchev–Trinajstić information content (AvgIpc) is 1.96. The summed E-state index contributed by atoms with van der Waals surface area (Å²) in [6.45, 7) is 6.36. The normalized spacial score (nSPS) is 11.0. The molecule has 0 saturated heterocycles. The van der Waals surface area contributed by atoms with Crippen LogP contribution in [0.2, 0.25) is 0 Å². The van der Waals surface area contributed by atoms with Crippen molar-refractivity contribution in [1.29, 1.82) is 0 Å². The number of nitrogens with zero attached hydrogens (tertiary/aromatic N) is 1. The lowest BCUT2D eigenvalue weighted by Gasteiger charge is -2.05. The first-order valence-electron chi connectivity index (χ1n) is 4.15. The highest BCUT2D eigenvalue weighted by molar-refractivity contribution is 5.83. The summed E-state index contributed by atoms with van der Waals surface area (Å²) >= 11 is 0. The first-order valence-corrected chi connectivity index (χ1v) is 4.15. The summed E-state index contributed by atoms with van der Waals surface area (Å²) in [7, 11) is 1.80. The lowest BCUT2D eigenvalue weighted by molar-refractivity contribution is 1.30. The molecule has 0 unspecified atom stereocenters. The molecule has 1 nitrogen and oxygen atoms in total. The van der Waals surface area contributed by atoms with Crippen molar-refractivity contribution in [1.82, 2.24) is 0 Å². The first-order chi connectivity index (χ1) is 5.65. The van der Waals surface area contributed by atoms with E-state index in [1.54, 1.807) is 7.05 Å². The van der Waals surface area contributed by atoms with Gasteiger partial charge in [-0.3, -0.25) is 4.99 Å². The van der Waals surface area contributed by atoms with Gasteiger partial charge in [0.1, 0.15) is 0 Å². The lowest BCUT2D eigenvalue weighted by atomic mass is 10.0. The fourth-order valence-corrected chi connectivity index (χ4v) is 1.52. The largest absolute Gasteiger partial charge is 0.296 e. The molecule has 64 valence electrons. The molecule has 0 aliphatic heterocycles. The number of hydrogen-bond donors (Lipinski definition) is 0. The van der Waals surface area contributed by atoms with E-state index in [1.165, 1.54) is 22.3 Å². The van der Waals surface area contributed by atoms with Crippen molar-refractivity contribution >= 4 is 6.21 Å². The summed E-state index contributed by atoms with van der Waals surface area (Å²) in [5, 5.41) is 0. The van der Waals surface area contributed by atoms with E-state index in [4.69, 9.17) is 0 Å². The summed E-state index contributed by atoms with van der Waals surface area (Å²) in [5.74, 6) is 0. The van der Waals surface area contributed by atoms with Crippen LogP contribution >= 0.6 is 0 Å². The Morgan fingerprint density at radius 1 is 1.08 bits per heavy atom. The van der Waals surface area contributed by atoms with E-state index in [0.29, 0.717) is 0 Å². The Hall–Kier alpha value is -1.11. The van der Waals surface area contributed by atoms with Gasteiger partial charge < -0.3 is 0 Å². The van der Waals surface area contributed by atoms with Crippen molar-refractivity contribution in [3.8, 4) is 0 Å². The van der Waals surface area contributed by atoms with Gasteiger partial charge in [0.25, 0.3) is 0 Å². The molecule has 0 aliphatic rings. The van der Waals surface area contributed by atoms with E-state index >= 15 is 0 Å². The van der Waals surface area contributed by atoms with Gasteiger partial charge in [0.05, 0.1) is 0 Å². The maximum absolute atomic E-state index is 4.03. The van der Waals surface area contributed by atoms with E-state index in [9.17, 15) is 0 Å². The van der Waals surface area contributed by atoms with Crippen molar-refractivity contribution in [3.63, 3.8) is 0 Å². The summed E-state index contributed by atoms with van der Waals surface area (Å²) in [4.78, 5) is 4.03. The summed E-state index contributed by atoms with van der Waals surface area (Å²) in [5.41, 5.74) is 5.18. The van der Waals surface area contributed by atoms with Crippen molar-refractivity contribution in [2.75, 3.05) is 7.05 Å². The van der Waals surface area contributed by atoms with Crippen molar-refractivity contribution < 1.29 is 0 Å². The molecule has 0 heterocycles. The highest BCUT2D eigenvalue weighted by Gasteiger charge is 1.99. The van der Waals surface area contributed by atoms with Crippen LogP contribution in [0.25, 0.3) is 0 Å². The molecule has 0 atom stereocenters. The summed E-state index contributed by atoms with van der Waals surface area (Å²) in [6.07, 6.45) is 1.92. The highest BCUT2D eigenvalue weighted by Crippen LogP contribution is 2.13. The van der Waals surface area contributed by atoms with Gasteiger partial charge in [-0.05, 0) is 37.5 Å². The van der Waals surface area contributed by atoms with Gasteiger partial charge >= 0.3 is 0 Å². The van der Waals surface area contributed by atoms with Crippen LogP contribution in [0.5, 0.6) is 0 Å². The molecule has 0 saturated carbocycles. The third-order valence-electron chi connectivity index (χ3n) is 2.00. The monoisotopic (exact) mass is 161 g/mol. The zero-order chi connectivity index (χ0) is 9.14. The van der Waals surface area contributed by atoms with E-state index in [2.05, 4.69) is 37.9 Å².